The van der Waals surface area contributed by atoms with Crippen molar-refractivity contribution in [1.29, 1.82) is 0 Å². The molecular weight excluding hydrogens is 297 g/mol. The molecule has 1 atom stereocenters. The minimum atomic E-state index is -1.24. The number of amides is 1. The van der Waals surface area contributed by atoms with Crippen molar-refractivity contribution in [3.8, 4) is 5.75 Å². The zero-order chi connectivity index (χ0) is 16.4. The normalized spacial score (nSPS) is 16.6. The molecule has 1 unspecified atom stereocenters. The maximum Gasteiger partial charge on any atom is 0.227 e. The van der Waals surface area contributed by atoms with Gasteiger partial charge in [0.15, 0.2) is 0 Å². The van der Waals surface area contributed by atoms with Crippen molar-refractivity contribution in [2.45, 2.75) is 24.9 Å². The number of carbonyl (C=O) groups is 1. The third-order valence-corrected chi connectivity index (χ3v) is 4.18. The van der Waals surface area contributed by atoms with Crippen molar-refractivity contribution in [2.24, 2.45) is 5.92 Å². The first-order valence-corrected chi connectivity index (χ1v) is 7.55. The Bertz CT molecular complexity index is 715. The Morgan fingerprint density at radius 2 is 1.91 bits per heavy atom. The van der Waals surface area contributed by atoms with Gasteiger partial charge in [-0.1, -0.05) is 30.3 Å². The average molecular weight is 315 g/mol. The highest BCUT2D eigenvalue weighted by atomic mass is 19.1. The Hall–Kier alpha value is -2.40. The molecule has 0 aromatic heterocycles. The van der Waals surface area contributed by atoms with E-state index in [4.69, 9.17) is 0 Å². The summed E-state index contributed by atoms with van der Waals surface area (Å²) in [6.45, 7) is 0. The molecule has 4 nitrogen and oxygen atoms in total. The van der Waals surface area contributed by atoms with Gasteiger partial charge in [0, 0.05) is 6.07 Å². The van der Waals surface area contributed by atoms with E-state index in [1.54, 1.807) is 12.1 Å². The van der Waals surface area contributed by atoms with Crippen molar-refractivity contribution in [1.82, 2.24) is 0 Å². The number of anilines is 1. The summed E-state index contributed by atoms with van der Waals surface area (Å²) in [5.41, 5.74) is -0.554. The topological polar surface area (TPSA) is 69.6 Å². The second-order valence-electron chi connectivity index (χ2n) is 5.95. The van der Waals surface area contributed by atoms with Gasteiger partial charge in [-0.2, -0.15) is 0 Å². The highest BCUT2D eigenvalue weighted by Gasteiger charge is 2.46. The predicted octanol–water partition coefficient (Wildman–Crippen LogP) is 3.16. The first-order chi connectivity index (χ1) is 11.0. The fourth-order valence-electron chi connectivity index (χ4n) is 2.81. The molecule has 1 fully saturated rings. The van der Waals surface area contributed by atoms with Gasteiger partial charge in [-0.15, -0.1) is 0 Å². The molecule has 0 saturated heterocycles. The van der Waals surface area contributed by atoms with E-state index in [9.17, 15) is 19.4 Å². The lowest BCUT2D eigenvalue weighted by Gasteiger charge is -2.28. The largest absolute Gasteiger partial charge is 0.508 e. The predicted molar refractivity (Wildman–Crippen MR) is 84.4 cm³/mol. The molecule has 0 heterocycles. The summed E-state index contributed by atoms with van der Waals surface area (Å²) in [6.07, 6.45) is 1.60. The van der Waals surface area contributed by atoms with Gasteiger partial charge in [0.25, 0.3) is 0 Å². The Labute approximate surface area is 133 Å². The van der Waals surface area contributed by atoms with Crippen LogP contribution < -0.4 is 5.32 Å². The van der Waals surface area contributed by atoms with Crippen LogP contribution in [0.2, 0.25) is 0 Å². The molecule has 1 amide bonds. The van der Waals surface area contributed by atoms with Crippen LogP contribution in [0.15, 0.2) is 48.5 Å². The quantitative estimate of drug-likeness (QED) is 0.742. The maximum absolute atomic E-state index is 13.7. The van der Waals surface area contributed by atoms with E-state index in [-0.39, 0.29) is 23.8 Å². The number of rotatable bonds is 5. The number of hydrogen-bond donors (Lipinski definition) is 3. The van der Waals surface area contributed by atoms with Crippen LogP contribution in [0.3, 0.4) is 0 Å². The van der Waals surface area contributed by atoms with E-state index in [2.05, 4.69) is 5.32 Å². The number of nitrogens with one attached hydrogen (secondary N) is 1. The zero-order valence-electron chi connectivity index (χ0n) is 12.5. The van der Waals surface area contributed by atoms with Gasteiger partial charge in [0.1, 0.15) is 17.2 Å². The fraction of sp³-hybridized carbons (Fsp3) is 0.278. The number of aliphatic hydroxyl groups is 1. The van der Waals surface area contributed by atoms with Crippen LogP contribution in [0, 0.1) is 11.7 Å². The molecule has 3 N–H and O–H groups in total. The lowest BCUT2D eigenvalue weighted by molar-refractivity contribution is -0.122. The van der Waals surface area contributed by atoms with Crippen molar-refractivity contribution in [3.05, 3.63) is 59.9 Å². The van der Waals surface area contributed by atoms with Crippen molar-refractivity contribution < 1.29 is 19.4 Å². The summed E-state index contributed by atoms with van der Waals surface area (Å²) in [7, 11) is 0. The zero-order valence-corrected chi connectivity index (χ0v) is 12.5. The lowest BCUT2D eigenvalue weighted by atomic mass is 9.85. The Kier molecular flexibility index (Phi) is 4.05. The molecule has 0 bridgehead atoms. The molecule has 0 spiro atoms. The van der Waals surface area contributed by atoms with Gasteiger partial charge in [-0.3, -0.25) is 4.79 Å². The van der Waals surface area contributed by atoms with Crippen LogP contribution in [0.25, 0.3) is 0 Å². The number of hydrogen-bond acceptors (Lipinski definition) is 3. The third kappa shape index (κ3) is 3.35. The molecule has 1 aliphatic carbocycles. The van der Waals surface area contributed by atoms with Gasteiger partial charge in [0.05, 0.1) is 12.1 Å². The van der Waals surface area contributed by atoms with E-state index in [1.807, 2.05) is 18.2 Å². The van der Waals surface area contributed by atoms with Crippen molar-refractivity contribution in [3.63, 3.8) is 0 Å². The summed E-state index contributed by atoms with van der Waals surface area (Å²) in [4.78, 5) is 12.3. The lowest BCUT2D eigenvalue weighted by Crippen LogP contribution is -2.33. The first-order valence-electron chi connectivity index (χ1n) is 7.55. The van der Waals surface area contributed by atoms with Gasteiger partial charge in [-0.25, -0.2) is 4.39 Å². The molecular formula is C18H18FNO3. The first kappa shape index (κ1) is 15.5. The van der Waals surface area contributed by atoms with E-state index in [0.29, 0.717) is 5.56 Å². The van der Waals surface area contributed by atoms with Gasteiger partial charge < -0.3 is 15.5 Å². The second-order valence-corrected chi connectivity index (χ2v) is 5.95. The number of carbonyl (C=O) groups excluding carboxylic acids is 1. The standard InChI is InChI=1S/C18H18FNO3/c19-15-10-14(21)8-9-16(15)20-17(22)11-18(23,13-6-7-13)12-4-2-1-3-5-12/h1-5,8-10,13,21,23H,6-7,11H2,(H,20,22). The number of phenols is 1. The molecule has 2 aromatic carbocycles. The van der Waals surface area contributed by atoms with Gasteiger partial charge in [0.2, 0.25) is 5.91 Å². The van der Waals surface area contributed by atoms with Gasteiger partial charge >= 0.3 is 0 Å². The van der Waals surface area contributed by atoms with Gasteiger partial charge in [-0.05, 0) is 36.5 Å². The van der Waals surface area contributed by atoms with E-state index >= 15 is 0 Å². The van der Waals surface area contributed by atoms with Crippen LogP contribution in [-0.4, -0.2) is 16.1 Å². The molecule has 120 valence electrons. The van der Waals surface area contributed by atoms with E-state index in [0.717, 1.165) is 18.9 Å². The van der Waals surface area contributed by atoms with Crippen LogP contribution in [-0.2, 0) is 10.4 Å². The Balaban J connectivity index is 1.77. The molecule has 3 rings (SSSR count). The number of phenolic OH excluding ortho intramolecular Hbond substituents is 1. The minimum absolute atomic E-state index is 0.0148. The molecule has 5 heteroatoms. The van der Waals surface area contributed by atoms with Crippen molar-refractivity contribution in [2.75, 3.05) is 5.32 Å². The highest BCUT2D eigenvalue weighted by molar-refractivity contribution is 5.91. The average Bonchev–Trinajstić information content (AvgIpc) is 3.36. The SMILES string of the molecule is O=C(CC(O)(c1ccccc1)C1CC1)Nc1ccc(O)cc1F. The van der Waals surface area contributed by atoms with Crippen LogP contribution in [0.1, 0.15) is 24.8 Å². The van der Waals surface area contributed by atoms with Crippen molar-refractivity contribution >= 4 is 11.6 Å². The molecule has 23 heavy (non-hydrogen) atoms. The second kappa shape index (κ2) is 6.01. The summed E-state index contributed by atoms with van der Waals surface area (Å²) in [6, 6.07) is 12.6. The Morgan fingerprint density at radius 1 is 1.22 bits per heavy atom. The number of aromatic hydroxyl groups is 1. The third-order valence-electron chi connectivity index (χ3n) is 4.18. The smallest absolute Gasteiger partial charge is 0.227 e. The molecule has 0 radical (unpaired) electrons. The van der Waals surface area contributed by atoms with Crippen LogP contribution in [0.4, 0.5) is 10.1 Å². The maximum atomic E-state index is 13.7. The monoisotopic (exact) mass is 315 g/mol. The Morgan fingerprint density at radius 3 is 2.52 bits per heavy atom. The van der Waals surface area contributed by atoms with E-state index in [1.165, 1.54) is 12.1 Å². The molecule has 1 aliphatic rings. The van der Waals surface area contributed by atoms with Crippen LogP contribution in [0.5, 0.6) is 5.75 Å². The molecule has 2 aromatic rings. The molecule has 0 aliphatic heterocycles. The summed E-state index contributed by atoms with van der Waals surface area (Å²) >= 11 is 0. The summed E-state index contributed by atoms with van der Waals surface area (Å²) < 4.78 is 13.7. The minimum Gasteiger partial charge on any atom is -0.508 e. The number of halogens is 1. The van der Waals surface area contributed by atoms with E-state index < -0.39 is 17.3 Å². The summed E-state index contributed by atoms with van der Waals surface area (Å²) in [5.74, 6) is -1.35. The summed E-state index contributed by atoms with van der Waals surface area (Å²) in [5, 5.41) is 22.6. The highest BCUT2D eigenvalue weighted by Crippen LogP contribution is 2.47. The fourth-order valence-corrected chi connectivity index (χ4v) is 2.81. The molecule has 1 saturated carbocycles. The number of benzene rings is 2. The van der Waals surface area contributed by atoms with Crippen LogP contribution >= 0.6 is 0 Å².